The number of anilines is 1. The Morgan fingerprint density at radius 1 is 1.15 bits per heavy atom. The molecule has 0 aliphatic rings. The van der Waals surface area contributed by atoms with E-state index >= 15 is 0 Å². The first-order chi connectivity index (χ1) is 12.3. The predicted octanol–water partition coefficient (Wildman–Crippen LogP) is 3.69. The van der Waals surface area contributed by atoms with E-state index in [0.29, 0.717) is 5.75 Å². The number of hydrogen-bond donors (Lipinski definition) is 2. The van der Waals surface area contributed by atoms with Gasteiger partial charge in [-0.2, -0.15) is 0 Å². The van der Waals surface area contributed by atoms with Crippen LogP contribution in [0.25, 0.3) is 0 Å². The number of rotatable bonds is 6. The first-order valence-corrected chi connectivity index (χ1v) is 7.90. The van der Waals surface area contributed by atoms with Gasteiger partial charge in [0.2, 0.25) is 0 Å². The van der Waals surface area contributed by atoms with Crippen LogP contribution < -0.4 is 20.1 Å². The van der Waals surface area contributed by atoms with Crippen molar-refractivity contribution in [3.8, 4) is 11.5 Å². The molecule has 8 heteroatoms. The summed E-state index contributed by atoms with van der Waals surface area (Å²) in [5.74, 6) is 1.04. The van der Waals surface area contributed by atoms with Gasteiger partial charge in [-0.3, -0.25) is 10.1 Å². The van der Waals surface area contributed by atoms with Gasteiger partial charge in [0, 0.05) is 12.1 Å². The Morgan fingerprint density at radius 3 is 2.50 bits per heavy atom. The lowest BCUT2D eigenvalue weighted by Gasteiger charge is -2.15. The lowest BCUT2D eigenvalue weighted by atomic mass is 10.1. The zero-order valence-electron chi connectivity index (χ0n) is 15.1. The Labute approximate surface area is 151 Å². The van der Waals surface area contributed by atoms with E-state index in [1.807, 2.05) is 32.9 Å². The number of urea groups is 1. The molecule has 2 amide bonds. The van der Waals surface area contributed by atoms with Crippen molar-refractivity contribution in [2.24, 2.45) is 0 Å². The maximum Gasteiger partial charge on any atom is 0.321 e. The number of ether oxygens (including phenoxy) is 2. The molecule has 26 heavy (non-hydrogen) atoms. The highest BCUT2D eigenvalue weighted by atomic mass is 16.6. The molecule has 0 aromatic heterocycles. The number of amides is 2. The molecule has 0 atom stereocenters. The van der Waals surface area contributed by atoms with E-state index in [1.165, 1.54) is 25.3 Å². The number of aryl methyl sites for hydroxylation is 2. The summed E-state index contributed by atoms with van der Waals surface area (Å²) >= 11 is 0. The molecular weight excluding hydrogens is 338 g/mol. The second-order valence-electron chi connectivity index (χ2n) is 5.71. The van der Waals surface area contributed by atoms with Crippen molar-refractivity contribution in [3.63, 3.8) is 0 Å². The Morgan fingerprint density at radius 2 is 1.85 bits per heavy atom. The van der Waals surface area contributed by atoms with Crippen LogP contribution in [0, 0.1) is 30.9 Å². The summed E-state index contributed by atoms with van der Waals surface area (Å²) in [7, 11) is 1.41. The summed E-state index contributed by atoms with van der Waals surface area (Å²) < 4.78 is 10.8. The monoisotopic (exact) mass is 359 g/mol. The average Bonchev–Trinajstić information content (AvgIpc) is 2.61. The fraction of sp³-hybridized carbons (Fsp3) is 0.278. The number of carbonyl (C=O) groups excluding carboxylic acids is 1. The standard InChI is InChI=1S/C18H21N3O5/c1-11-5-6-12(2)17(13(11)3)26-10-19-18(22)20-15-9-14(21(23)24)7-8-16(15)25-4/h5-9H,10H2,1-4H3,(H2,19,20,22). The van der Waals surface area contributed by atoms with Crippen LogP contribution >= 0.6 is 0 Å². The van der Waals surface area contributed by atoms with Crippen molar-refractivity contribution >= 4 is 17.4 Å². The normalized spacial score (nSPS) is 10.2. The third-order valence-corrected chi connectivity index (χ3v) is 3.96. The fourth-order valence-electron chi connectivity index (χ4n) is 2.40. The van der Waals surface area contributed by atoms with Crippen LogP contribution in [0.2, 0.25) is 0 Å². The van der Waals surface area contributed by atoms with E-state index in [1.54, 1.807) is 0 Å². The van der Waals surface area contributed by atoms with Crippen LogP contribution in [0.1, 0.15) is 16.7 Å². The number of hydrogen-bond acceptors (Lipinski definition) is 5. The predicted molar refractivity (Wildman–Crippen MR) is 98.0 cm³/mol. The molecule has 0 aliphatic heterocycles. The van der Waals surface area contributed by atoms with Crippen LogP contribution in [0.5, 0.6) is 11.5 Å². The molecule has 2 rings (SSSR count). The summed E-state index contributed by atoms with van der Waals surface area (Å²) in [6.45, 7) is 5.81. The number of methoxy groups -OCH3 is 1. The Bertz CT molecular complexity index is 836. The molecule has 0 heterocycles. The summed E-state index contributed by atoms with van der Waals surface area (Å²) in [5.41, 5.74) is 3.12. The smallest absolute Gasteiger partial charge is 0.321 e. The minimum atomic E-state index is -0.563. The zero-order valence-corrected chi connectivity index (χ0v) is 15.1. The maximum atomic E-state index is 12.1. The Kier molecular flexibility index (Phi) is 6.00. The first-order valence-electron chi connectivity index (χ1n) is 7.90. The van der Waals surface area contributed by atoms with Gasteiger partial charge in [-0.05, 0) is 43.5 Å². The van der Waals surface area contributed by atoms with Gasteiger partial charge < -0.3 is 20.1 Å². The van der Waals surface area contributed by atoms with Gasteiger partial charge in [-0.1, -0.05) is 12.1 Å². The van der Waals surface area contributed by atoms with E-state index in [-0.39, 0.29) is 18.1 Å². The lowest BCUT2D eigenvalue weighted by molar-refractivity contribution is -0.384. The van der Waals surface area contributed by atoms with Crippen molar-refractivity contribution in [1.29, 1.82) is 0 Å². The molecule has 0 fully saturated rings. The van der Waals surface area contributed by atoms with Crippen LogP contribution in [0.4, 0.5) is 16.2 Å². The maximum absolute atomic E-state index is 12.1. The van der Waals surface area contributed by atoms with Gasteiger partial charge in [0.25, 0.3) is 5.69 Å². The second-order valence-corrected chi connectivity index (χ2v) is 5.71. The molecular formula is C18H21N3O5. The highest BCUT2D eigenvalue weighted by Crippen LogP contribution is 2.29. The first kappa shape index (κ1) is 19.0. The van der Waals surface area contributed by atoms with Crippen LogP contribution in [0.15, 0.2) is 30.3 Å². The van der Waals surface area contributed by atoms with E-state index < -0.39 is 11.0 Å². The number of carbonyl (C=O) groups is 1. The molecule has 2 N–H and O–H groups in total. The number of nitro benzene ring substituents is 1. The molecule has 0 saturated heterocycles. The summed E-state index contributed by atoms with van der Waals surface area (Å²) in [6, 6.07) is 7.34. The van der Waals surface area contributed by atoms with Gasteiger partial charge in [0.15, 0.2) is 6.73 Å². The molecule has 2 aromatic rings. The Hall–Kier alpha value is -3.29. The van der Waals surface area contributed by atoms with Crippen molar-refractivity contribution in [3.05, 3.63) is 57.1 Å². The van der Waals surface area contributed by atoms with E-state index in [4.69, 9.17) is 9.47 Å². The van der Waals surface area contributed by atoms with E-state index in [2.05, 4.69) is 10.6 Å². The number of benzene rings is 2. The largest absolute Gasteiger partial charge is 0.495 e. The van der Waals surface area contributed by atoms with Gasteiger partial charge in [0.05, 0.1) is 17.7 Å². The molecule has 0 bridgehead atoms. The number of nitro groups is 1. The quantitative estimate of drug-likeness (QED) is 0.465. The molecule has 0 spiro atoms. The topological polar surface area (TPSA) is 103 Å². The average molecular weight is 359 g/mol. The van der Waals surface area contributed by atoms with Gasteiger partial charge >= 0.3 is 6.03 Å². The van der Waals surface area contributed by atoms with Crippen LogP contribution in [-0.2, 0) is 0 Å². The van der Waals surface area contributed by atoms with Crippen LogP contribution in [0.3, 0.4) is 0 Å². The molecule has 2 aromatic carbocycles. The molecule has 0 unspecified atom stereocenters. The highest BCUT2D eigenvalue weighted by molar-refractivity contribution is 5.91. The zero-order chi connectivity index (χ0) is 19.3. The summed E-state index contributed by atoms with van der Waals surface area (Å²) in [5, 5.41) is 16.0. The Balaban J connectivity index is 2.01. The molecule has 138 valence electrons. The van der Waals surface area contributed by atoms with Gasteiger partial charge in [-0.25, -0.2) is 4.79 Å². The number of non-ortho nitro benzene ring substituents is 1. The van der Waals surface area contributed by atoms with Crippen LogP contribution in [-0.4, -0.2) is 24.8 Å². The second kappa shape index (κ2) is 8.19. The summed E-state index contributed by atoms with van der Waals surface area (Å²) in [4.78, 5) is 22.4. The minimum Gasteiger partial charge on any atom is -0.495 e. The molecule has 0 radical (unpaired) electrons. The lowest BCUT2D eigenvalue weighted by Crippen LogP contribution is -2.32. The number of nitrogens with one attached hydrogen (secondary N) is 2. The van der Waals surface area contributed by atoms with Gasteiger partial charge in [0.1, 0.15) is 11.5 Å². The third-order valence-electron chi connectivity index (χ3n) is 3.96. The van der Waals surface area contributed by atoms with Crippen molar-refractivity contribution in [2.75, 3.05) is 19.2 Å². The van der Waals surface area contributed by atoms with Crippen molar-refractivity contribution < 1.29 is 19.2 Å². The van der Waals surface area contributed by atoms with E-state index in [0.717, 1.165) is 22.4 Å². The number of nitrogens with zero attached hydrogens (tertiary/aromatic N) is 1. The molecule has 0 aliphatic carbocycles. The van der Waals surface area contributed by atoms with E-state index in [9.17, 15) is 14.9 Å². The van der Waals surface area contributed by atoms with Gasteiger partial charge in [-0.15, -0.1) is 0 Å². The molecule has 0 saturated carbocycles. The SMILES string of the molecule is COc1ccc([N+](=O)[O-])cc1NC(=O)NCOc1c(C)ccc(C)c1C. The molecule has 8 nitrogen and oxygen atoms in total. The minimum absolute atomic E-state index is 0.0474. The fourth-order valence-corrected chi connectivity index (χ4v) is 2.40. The summed E-state index contributed by atoms with van der Waals surface area (Å²) in [6.07, 6.45) is 0. The highest BCUT2D eigenvalue weighted by Gasteiger charge is 2.14. The third kappa shape index (κ3) is 4.41. The van der Waals surface area contributed by atoms with Crippen molar-refractivity contribution in [2.45, 2.75) is 20.8 Å². The van der Waals surface area contributed by atoms with Crippen molar-refractivity contribution in [1.82, 2.24) is 5.32 Å².